The van der Waals surface area contributed by atoms with Crippen LogP contribution < -0.4 is 10.1 Å². The summed E-state index contributed by atoms with van der Waals surface area (Å²) < 4.78 is 5.13. The molecule has 0 aromatic heterocycles. The van der Waals surface area contributed by atoms with Crippen molar-refractivity contribution < 1.29 is 14.3 Å². The lowest BCUT2D eigenvalue weighted by Crippen LogP contribution is -2.40. The van der Waals surface area contributed by atoms with E-state index in [1.165, 1.54) is 0 Å². The summed E-state index contributed by atoms with van der Waals surface area (Å²) in [6.45, 7) is 1.69. The first-order valence-electron chi connectivity index (χ1n) is 8.05. The fourth-order valence-corrected chi connectivity index (χ4v) is 2.96. The maximum atomic E-state index is 12.7. The van der Waals surface area contributed by atoms with Crippen molar-refractivity contribution in [2.24, 2.45) is 11.0 Å². The molecule has 6 nitrogen and oxygen atoms in total. The Bertz CT molecular complexity index is 696. The quantitative estimate of drug-likeness (QED) is 0.525. The number of urea groups is 1. The molecule has 1 aliphatic heterocycles. The van der Waals surface area contributed by atoms with E-state index in [9.17, 15) is 9.59 Å². The summed E-state index contributed by atoms with van der Waals surface area (Å²) in [5.41, 5.74) is -0.423. The largest absolute Gasteiger partial charge is 0.497 e. The summed E-state index contributed by atoms with van der Waals surface area (Å²) >= 11 is 0. The third kappa shape index (κ3) is 2.91. The average Bonchev–Trinajstić information content (AvgIpc) is 2.84. The van der Waals surface area contributed by atoms with Crippen LogP contribution in [0.3, 0.4) is 0 Å². The minimum Gasteiger partial charge on any atom is -0.497 e. The first-order valence-corrected chi connectivity index (χ1v) is 8.05. The highest BCUT2D eigenvalue weighted by molar-refractivity contribution is 6.07. The molecule has 0 radical (unpaired) electrons. The van der Waals surface area contributed by atoms with Crippen LogP contribution in [-0.4, -0.2) is 30.3 Å². The van der Waals surface area contributed by atoms with E-state index in [1.54, 1.807) is 44.5 Å². The Morgan fingerprint density at radius 1 is 1.29 bits per heavy atom. The molecule has 1 aromatic rings. The molecule has 126 valence electrons. The van der Waals surface area contributed by atoms with E-state index < -0.39 is 11.6 Å². The fourth-order valence-electron chi connectivity index (χ4n) is 2.96. The van der Waals surface area contributed by atoms with E-state index in [1.807, 2.05) is 0 Å². The van der Waals surface area contributed by atoms with Gasteiger partial charge in [0.1, 0.15) is 11.3 Å². The van der Waals surface area contributed by atoms with Crippen LogP contribution in [0, 0.1) is 5.92 Å². The topological polar surface area (TPSA) is 71.0 Å². The van der Waals surface area contributed by atoms with E-state index in [0.29, 0.717) is 11.3 Å². The predicted molar refractivity (Wildman–Crippen MR) is 90.7 cm³/mol. The van der Waals surface area contributed by atoms with E-state index >= 15 is 0 Å². The van der Waals surface area contributed by atoms with Crippen LogP contribution in [0.2, 0.25) is 0 Å². The molecule has 1 aromatic carbocycles. The van der Waals surface area contributed by atoms with Crippen LogP contribution in [0.1, 0.15) is 31.7 Å². The molecule has 0 spiro atoms. The van der Waals surface area contributed by atoms with Gasteiger partial charge in [0, 0.05) is 6.21 Å². The van der Waals surface area contributed by atoms with Gasteiger partial charge in [0.25, 0.3) is 5.91 Å². The first-order chi connectivity index (χ1) is 11.5. The Balaban J connectivity index is 1.79. The van der Waals surface area contributed by atoms with E-state index in [-0.39, 0.29) is 11.8 Å². The SMILES string of the molecule is COc1ccc([C@]2(C)NC(=O)N(/N=C\[C@H]3CC=CCC3)C2=O)cc1. The zero-order valence-corrected chi connectivity index (χ0v) is 13.9. The third-order valence-corrected chi connectivity index (χ3v) is 4.54. The molecular formula is C18H21N3O3. The van der Waals surface area contributed by atoms with Crippen LogP contribution in [0.5, 0.6) is 5.75 Å². The lowest BCUT2D eigenvalue weighted by Gasteiger charge is -2.21. The Labute approximate surface area is 141 Å². The lowest BCUT2D eigenvalue weighted by atomic mass is 9.92. The van der Waals surface area contributed by atoms with Gasteiger partial charge in [0.15, 0.2) is 0 Å². The van der Waals surface area contributed by atoms with Gasteiger partial charge in [-0.15, -0.1) is 5.01 Å². The van der Waals surface area contributed by atoms with Crippen LogP contribution in [0.25, 0.3) is 0 Å². The van der Waals surface area contributed by atoms with Crippen molar-refractivity contribution in [3.05, 3.63) is 42.0 Å². The second-order valence-electron chi connectivity index (χ2n) is 6.21. The minimum absolute atomic E-state index is 0.267. The number of amides is 3. The summed E-state index contributed by atoms with van der Waals surface area (Å²) in [7, 11) is 1.58. The predicted octanol–water partition coefficient (Wildman–Crippen LogP) is 2.80. The summed E-state index contributed by atoms with van der Waals surface area (Å²) in [6, 6.07) is 6.58. The van der Waals surface area contributed by atoms with Crippen molar-refractivity contribution in [3.63, 3.8) is 0 Å². The zero-order valence-electron chi connectivity index (χ0n) is 13.9. The monoisotopic (exact) mass is 327 g/mol. The molecule has 6 heteroatoms. The number of imide groups is 1. The molecule has 0 unspecified atom stereocenters. The Kier molecular flexibility index (Phi) is 4.38. The molecule has 1 N–H and O–H groups in total. The van der Waals surface area contributed by atoms with E-state index in [4.69, 9.17) is 4.74 Å². The number of hydrazone groups is 1. The highest BCUT2D eigenvalue weighted by atomic mass is 16.5. The Morgan fingerprint density at radius 3 is 2.67 bits per heavy atom. The molecule has 2 atom stereocenters. The standard InChI is InChI=1S/C18H21N3O3/c1-18(14-8-10-15(24-2)11-9-14)16(22)21(17(23)20-18)19-12-13-6-4-3-5-7-13/h3-4,8-13H,5-7H2,1-2H3,(H,20,23)/b19-12-/t13-,18-/m0/s1. The highest BCUT2D eigenvalue weighted by Crippen LogP contribution is 2.30. The molecule has 1 saturated heterocycles. The number of hydrogen-bond acceptors (Lipinski definition) is 4. The number of carbonyl (C=O) groups excluding carboxylic acids is 2. The second-order valence-corrected chi connectivity index (χ2v) is 6.21. The van der Waals surface area contributed by atoms with Gasteiger partial charge >= 0.3 is 6.03 Å². The van der Waals surface area contributed by atoms with Crippen molar-refractivity contribution in [2.75, 3.05) is 7.11 Å². The number of methoxy groups -OCH3 is 1. The number of nitrogens with one attached hydrogen (secondary N) is 1. The van der Waals surface area contributed by atoms with Crippen molar-refractivity contribution >= 4 is 18.2 Å². The second kappa shape index (κ2) is 6.47. The van der Waals surface area contributed by atoms with Gasteiger partial charge in [-0.05, 0) is 49.8 Å². The molecule has 2 aliphatic rings. The number of benzene rings is 1. The third-order valence-electron chi connectivity index (χ3n) is 4.54. The minimum atomic E-state index is -1.12. The maximum absolute atomic E-state index is 12.7. The van der Waals surface area contributed by atoms with Gasteiger partial charge in [-0.1, -0.05) is 24.3 Å². The highest BCUT2D eigenvalue weighted by Gasteiger charge is 2.49. The van der Waals surface area contributed by atoms with Gasteiger partial charge in [0.05, 0.1) is 7.11 Å². The molecule has 1 aliphatic carbocycles. The number of nitrogens with zero attached hydrogens (tertiary/aromatic N) is 2. The van der Waals surface area contributed by atoms with Crippen LogP contribution in [0.4, 0.5) is 4.79 Å². The first kappa shape index (κ1) is 16.2. The van der Waals surface area contributed by atoms with Crippen molar-refractivity contribution in [1.82, 2.24) is 10.3 Å². The average molecular weight is 327 g/mol. The number of ether oxygens (including phenoxy) is 1. The molecule has 0 saturated carbocycles. The number of rotatable bonds is 4. The van der Waals surface area contributed by atoms with Crippen LogP contribution in [-0.2, 0) is 10.3 Å². The molecule has 1 fully saturated rings. The van der Waals surface area contributed by atoms with Crippen molar-refractivity contribution in [2.45, 2.75) is 31.7 Å². The van der Waals surface area contributed by atoms with Gasteiger partial charge in [0.2, 0.25) is 0 Å². The van der Waals surface area contributed by atoms with E-state index in [2.05, 4.69) is 22.6 Å². The summed E-state index contributed by atoms with van der Waals surface area (Å²) in [5.74, 6) is 0.586. The van der Waals surface area contributed by atoms with Gasteiger partial charge in [-0.3, -0.25) is 4.79 Å². The van der Waals surface area contributed by atoms with E-state index in [0.717, 1.165) is 24.3 Å². The van der Waals surface area contributed by atoms with Crippen LogP contribution in [0.15, 0.2) is 41.5 Å². The van der Waals surface area contributed by atoms with Gasteiger partial charge in [-0.25, -0.2) is 4.79 Å². The lowest BCUT2D eigenvalue weighted by molar-refractivity contribution is -0.131. The molecule has 1 heterocycles. The zero-order chi connectivity index (χ0) is 17.2. The summed E-state index contributed by atoms with van der Waals surface area (Å²) in [6.07, 6.45) is 8.83. The Morgan fingerprint density at radius 2 is 2.04 bits per heavy atom. The number of carbonyl (C=O) groups is 2. The molecule has 24 heavy (non-hydrogen) atoms. The maximum Gasteiger partial charge on any atom is 0.346 e. The van der Waals surface area contributed by atoms with Gasteiger partial charge in [-0.2, -0.15) is 5.10 Å². The molecule has 3 rings (SSSR count). The summed E-state index contributed by atoms with van der Waals surface area (Å²) in [5, 5.41) is 7.83. The van der Waals surface area contributed by atoms with Crippen molar-refractivity contribution in [3.8, 4) is 5.75 Å². The fraction of sp³-hybridized carbons (Fsp3) is 0.389. The smallest absolute Gasteiger partial charge is 0.346 e. The number of allylic oxidation sites excluding steroid dienone is 2. The van der Waals surface area contributed by atoms with Gasteiger partial charge < -0.3 is 10.1 Å². The summed E-state index contributed by atoms with van der Waals surface area (Å²) in [4.78, 5) is 25.0. The normalized spacial score (nSPS) is 26.9. The Hall–Kier alpha value is -2.63. The molecule has 3 amide bonds. The molecular weight excluding hydrogens is 306 g/mol. The molecule has 0 bridgehead atoms. The number of hydrogen-bond donors (Lipinski definition) is 1. The van der Waals surface area contributed by atoms with Crippen molar-refractivity contribution in [1.29, 1.82) is 0 Å². The van der Waals surface area contributed by atoms with Crippen LogP contribution >= 0.6 is 0 Å².